The van der Waals surface area contributed by atoms with Crippen molar-refractivity contribution in [3.05, 3.63) is 144 Å². The summed E-state index contributed by atoms with van der Waals surface area (Å²) >= 11 is 0. The topological polar surface area (TPSA) is 0 Å². The first kappa shape index (κ1) is 17.7. The van der Waals surface area contributed by atoms with Crippen LogP contribution < -0.4 is 0 Å². The predicted molar refractivity (Wildman–Crippen MR) is 123 cm³/mol. The van der Waals surface area contributed by atoms with Crippen molar-refractivity contribution in [2.75, 3.05) is 0 Å². The zero-order valence-electron chi connectivity index (χ0n) is 16.4. The van der Waals surface area contributed by atoms with E-state index in [2.05, 4.69) is 121 Å². The summed E-state index contributed by atoms with van der Waals surface area (Å²) in [5.74, 6) is 0.778. The van der Waals surface area contributed by atoms with Gasteiger partial charge in [0.05, 0.1) is 0 Å². The Balaban J connectivity index is 1.75. The van der Waals surface area contributed by atoms with Gasteiger partial charge in [-0.2, -0.15) is 0 Å². The first-order chi connectivity index (χ1) is 14.4. The van der Waals surface area contributed by atoms with E-state index in [0.717, 1.165) is 6.42 Å². The van der Waals surface area contributed by atoms with Crippen LogP contribution in [0.1, 0.15) is 40.5 Å². The van der Waals surface area contributed by atoms with Crippen LogP contribution in [0.2, 0.25) is 0 Å². The molecule has 0 saturated carbocycles. The first-order valence-electron chi connectivity index (χ1n) is 10.4. The molecule has 0 spiro atoms. The Bertz CT molecular complexity index is 1090. The third kappa shape index (κ3) is 3.43. The van der Waals surface area contributed by atoms with Crippen LogP contribution in [-0.2, 0) is 0 Å². The van der Waals surface area contributed by atoms with Gasteiger partial charge in [0.1, 0.15) is 0 Å². The largest absolute Gasteiger partial charge is 0.0622 e. The van der Waals surface area contributed by atoms with E-state index in [1.807, 2.05) is 0 Å². The van der Waals surface area contributed by atoms with Crippen molar-refractivity contribution in [1.82, 2.24) is 0 Å². The van der Waals surface area contributed by atoms with E-state index in [4.69, 9.17) is 0 Å². The molecule has 2 unspecified atom stereocenters. The molecule has 4 aromatic carbocycles. The Morgan fingerprint density at radius 1 is 0.448 bits per heavy atom. The van der Waals surface area contributed by atoms with Crippen molar-refractivity contribution in [2.24, 2.45) is 0 Å². The Labute approximate surface area is 173 Å². The summed E-state index contributed by atoms with van der Waals surface area (Å²) in [6, 6.07) is 43.9. The standard InChI is InChI=1S/C29H24/c1-5-13-22(14-6-1)26-21-27(23-15-7-2-8-16-23)29(25-19-11-4-12-20-25)28(26)24-17-9-3-10-18-24/h1-20,26,28H,21H2. The summed E-state index contributed by atoms with van der Waals surface area (Å²) in [5, 5.41) is 0. The molecule has 0 bridgehead atoms. The minimum absolute atomic E-state index is 0.344. The molecule has 0 saturated heterocycles. The fourth-order valence-corrected chi connectivity index (χ4v) is 4.79. The predicted octanol–water partition coefficient (Wildman–Crippen LogP) is 7.57. The lowest BCUT2D eigenvalue weighted by molar-refractivity contribution is 0.677. The van der Waals surface area contributed by atoms with Crippen LogP contribution in [-0.4, -0.2) is 0 Å². The van der Waals surface area contributed by atoms with Crippen LogP contribution in [0.15, 0.2) is 121 Å². The second-order valence-corrected chi connectivity index (χ2v) is 7.73. The minimum Gasteiger partial charge on any atom is -0.0622 e. The van der Waals surface area contributed by atoms with Gasteiger partial charge in [0.2, 0.25) is 0 Å². The van der Waals surface area contributed by atoms with Crippen LogP contribution in [0.3, 0.4) is 0 Å². The average Bonchev–Trinajstić information content (AvgIpc) is 3.22. The molecule has 0 N–H and O–H groups in total. The van der Waals surface area contributed by atoms with Crippen molar-refractivity contribution in [3.8, 4) is 0 Å². The van der Waals surface area contributed by atoms with Crippen molar-refractivity contribution >= 4 is 11.1 Å². The lowest BCUT2D eigenvalue weighted by atomic mass is 9.79. The Morgan fingerprint density at radius 2 is 0.897 bits per heavy atom. The molecule has 140 valence electrons. The summed E-state index contributed by atoms with van der Waals surface area (Å²) in [6.45, 7) is 0. The number of hydrogen-bond acceptors (Lipinski definition) is 0. The van der Waals surface area contributed by atoms with E-state index in [1.165, 1.54) is 33.4 Å². The summed E-state index contributed by atoms with van der Waals surface area (Å²) in [4.78, 5) is 0. The highest BCUT2D eigenvalue weighted by Crippen LogP contribution is 2.56. The molecule has 0 heteroatoms. The van der Waals surface area contributed by atoms with Crippen LogP contribution in [0.25, 0.3) is 11.1 Å². The monoisotopic (exact) mass is 372 g/mol. The molecule has 0 aromatic heterocycles. The molecule has 5 rings (SSSR count). The third-order valence-corrected chi connectivity index (χ3v) is 6.06. The SMILES string of the molecule is c1ccc(C2=C(c3ccccc3)C(c3ccccc3)C(c3ccccc3)C2)cc1. The number of rotatable bonds is 4. The molecule has 0 aliphatic heterocycles. The van der Waals surface area contributed by atoms with Gasteiger partial charge in [-0.05, 0) is 45.7 Å². The molecule has 0 nitrogen and oxygen atoms in total. The zero-order valence-corrected chi connectivity index (χ0v) is 16.4. The fourth-order valence-electron chi connectivity index (χ4n) is 4.79. The molecular formula is C29H24. The number of allylic oxidation sites excluding steroid dienone is 2. The van der Waals surface area contributed by atoms with Crippen molar-refractivity contribution < 1.29 is 0 Å². The second kappa shape index (κ2) is 7.93. The fraction of sp³-hybridized carbons (Fsp3) is 0.103. The van der Waals surface area contributed by atoms with E-state index in [0.29, 0.717) is 11.8 Å². The van der Waals surface area contributed by atoms with Gasteiger partial charge in [-0.15, -0.1) is 0 Å². The molecule has 2 atom stereocenters. The van der Waals surface area contributed by atoms with Gasteiger partial charge in [-0.25, -0.2) is 0 Å². The van der Waals surface area contributed by atoms with E-state index in [1.54, 1.807) is 0 Å². The smallest absolute Gasteiger partial charge is 0.0170 e. The van der Waals surface area contributed by atoms with E-state index < -0.39 is 0 Å². The quantitative estimate of drug-likeness (QED) is 0.346. The maximum absolute atomic E-state index is 2.29. The maximum atomic E-state index is 2.29. The minimum atomic E-state index is 0.344. The highest BCUT2D eigenvalue weighted by molar-refractivity contribution is 5.97. The average molecular weight is 373 g/mol. The van der Waals surface area contributed by atoms with Gasteiger partial charge >= 0.3 is 0 Å². The van der Waals surface area contributed by atoms with Crippen LogP contribution in [0.5, 0.6) is 0 Å². The van der Waals surface area contributed by atoms with Crippen molar-refractivity contribution in [1.29, 1.82) is 0 Å². The van der Waals surface area contributed by atoms with Crippen molar-refractivity contribution in [2.45, 2.75) is 18.3 Å². The highest BCUT2D eigenvalue weighted by atomic mass is 14.4. The van der Waals surface area contributed by atoms with Crippen LogP contribution in [0.4, 0.5) is 0 Å². The van der Waals surface area contributed by atoms with E-state index in [9.17, 15) is 0 Å². The molecule has 4 aromatic rings. The van der Waals surface area contributed by atoms with Gasteiger partial charge in [0.25, 0.3) is 0 Å². The van der Waals surface area contributed by atoms with Crippen LogP contribution >= 0.6 is 0 Å². The first-order valence-corrected chi connectivity index (χ1v) is 10.4. The van der Waals surface area contributed by atoms with Gasteiger partial charge < -0.3 is 0 Å². The second-order valence-electron chi connectivity index (χ2n) is 7.73. The zero-order chi connectivity index (χ0) is 19.5. The molecule has 0 radical (unpaired) electrons. The molecule has 29 heavy (non-hydrogen) atoms. The summed E-state index contributed by atoms with van der Waals surface area (Å²) < 4.78 is 0. The van der Waals surface area contributed by atoms with E-state index >= 15 is 0 Å². The van der Waals surface area contributed by atoms with E-state index in [-0.39, 0.29) is 0 Å². The van der Waals surface area contributed by atoms with Gasteiger partial charge in [0.15, 0.2) is 0 Å². The molecule has 0 amide bonds. The molecule has 0 heterocycles. The molecule has 1 aliphatic carbocycles. The Hall–Kier alpha value is -3.38. The number of benzene rings is 4. The normalized spacial score (nSPS) is 18.8. The number of hydrogen-bond donors (Lipinski definition) is 0. The molecule has 0 fully saturated rings. The van der Waals surface area contributed by atoms with Gasteiger partial charge in [-0.1, -0.05) is 121 Å². The van der Waals surface area contributed by atoms with Crippen LogP contribution in [0, 0.1) is 0 Å². The van der Waals surface area contributed by atoms with Gasteiger partial charge in [0, 0.05) is 5.92 Å². The van der Waals surface area contributed by atoms with Gasteiger partial charge in [-0.3, -0.25) is 0 Å². The Morgan fingerprint density at radius 3 is 1.45 bits per heavy atom. The molecular weight excluding hydrogens is 348 g/mol. The lowest BCUT2D eigenvalue weighted by Crippen LogP contribution is -2.08. The summed E-state index contributed by atoms with van der Waals surface area (Å²) in [6.07, 6.45) is 1.05. The summed E-state index contributed by atoms with van der Waals surface area (Å²) in [5.41, 5.74) is 8.42. The lowest BCUT2D eigenvalue weighted by Gasteiger charge is -2.24. The molecule has 1 aliphatic rings. The summed E-state index contributed by atoms with van der Waals surface area (Å²) in [7, 11) is 0. The highest BCUT2D eigenvalue weighted by Gasteiger charge is 2.37. The van der Waals surface area contributed by atoms with Crippen molar-refractivity contribution in [3.63, 3.8) is 0 Å². The third-order valence-electron chi connectivity index (χ3n) is 6.06. The Kier molecular flexibility index (Phi) is 4.84. The maximum Gasteiger partial charge on any atom is 0.0170 e.